The number of benzene rings is 2. The summed E-state index contributed by atoms with van der Waals surface area (Å²) in [4.78, 5) is 12.3. The number of methoxy groups -OCH3 is 1. The molecular formula is C23H28O5Se. The summed E-state index contributed by atoms with van der Waals surface area (Å²) in [5.41, 5.74) is 1.47. The maximum atomic E-state index is 12.3. The molecule has 0 aliphatic carbocycles. The summed E-state index contributed by atoms with van der Waals surface area (Å²) < 4.78 is 18.1. The molecule has 0 saturated carbocycles. The van der Waals surface area contributed by atoms with E-state index in [4.69, 9.17) is 14.2 Å². The number of carbonyl (C=O) groups is 1. The van der Waals surface area contributed by atoms with E-state index >= 15 is 0 Å². The first-order chi connectivity index (χ1) is 14.1. The van der Waals surface area contributed by atoms with Crippen molar-refractivity contribution in [1.29, 1.82) is 0 Å². The van der Waals surface area contributed by atoms with Crippen LogP contribution in [0.5, 0.6) is 0 Å². The molecule has 1 aliphatic heterocycles. The van der Waals surface area contributed by atoms with E-state index in [1.807, 2.05) is 42.5 Å². The number of hydrogen-bond acceptors (Lipinski definition) is 5. The predicted molar refractivity (Wildman–Crippen MR) is 112 cm³/mol. The number of carbonyl (C=O) groups excluding carboxylic acids is 1. The number of rotatable bonds is 10. The summed E-state index contributed by atoms with van der Waals surface area (Å²) in [5, 5.41) is 10.3. The molecule has 0 amide bonds. The number of aliphatic hydroxyl groups is 1. The average molecular weight is 463 g/mol. The molecule has 3 atom stereocenters. The summed E-state index contributed by atoms with van der Waals surface area (Å²) in [6, 6.07) is 18.2. The fraction of sp³-hybridized carbons (Fsp3) is 0.435. The van der Waals surface area contributed by atoms with Crippen molar-refractivity contribution >= 4 is 25.4 Å². The average Bonchev–Trinajstić information content (AvgIpc) is 3.11. The summed E-state index contributed by atoms with van der Waals surface area (Å²) in [7, 11) is 1.62. The normalized spacial score (nSPS) is 22.4. The minimum absolute atomic E-state index is 0.0305. The van der Waals surface area contributed by atoms with Gasteiger partial charge in [-0.1, -0.05) is 0 Å². The molecule has 29 heavy (non-hydrogen) atoms. The second-order valence-corrected chi connectivity index (χ2v) is 9.30. The Morgan fingerprint density at radius 3 is 2.59 bits per heavy atom. The molecule has 1 fully saturated rings. The van der Waals surface area contributed by atoms with Crippen LogP contribution in [0.2, 0.25) is 5.32 Å². The van der Waals surface area contributed by atoms with Crippen molar-refractivity contribution < 1.29 is 24.1 Å². The van der Waals surface area contributed by atoms with E-state index in [0.717, 1.165) is 12.0 Å². The second kappa shape index (κ2) is 10.4. The van der Waals surface area contributed by atoms with Crippen LogP contribution in [0.15, 0.2) is 54.6 Å². The Labute approximate surface area is 178 Å². The molecule has 0 unspecified atom stereocenters. The molecule has 1 aliphatic rings. The summed E-state index contributed by atoms with van der Waals surface area (Å²) in [6.45, 7) is 2.17. The molecule has 0 spiro atoms. The Balaban J connectivity index is 1.85. The zero-order valence-electron chi connectivity index (χ0n) is 16.9. The fourth-order valence-corrected chi connectivity index (χ4v) is 6.35. The monoisotopic (exact) mass is 464 g/mol. The molecular weight excluding hydrogens is 435 g/mol. The fourth-order valence-electron chi connectivity index (χ4n) is 3.68. The third-order valence-electron chi connectivity index (χ3n) is 5.21. The third-order valence-corrected chi connectivity index (χ3v) is 7.92. The van der Waals surface area contributed by atoms with E-state index in [9.17, 15) is 9.90 Å². The van der Waals surface area contributed by atoms with Crippen molar-refractivity contribution in [2.45, 2.75) is 36.8 Å². The molecule has 1 saturated heterocycles. The van der Waals surface area contributed by atoms with Gasteiger partial charge in [-0.15, -0.1) is 0 Å². The van der Waals surface area contributed by atoms with Crippen LogP contribution in [-0.2, 0) is 24.6 Å². The van der Waals surface area contributed by atoms with Gasteiger partial charge in [0.05, 0.1) is 0 Å². The van der Waals surface area contributed by atoms with Gasteiger partial charge in [0.1, 0.15) is 0 Å². The Kier molecular flexibility index (Phi) is 7.87. The summed E-state index contributed by atoms with van der Waals surface area (Å²) in [6.07, 6.45) is 1.33. The van der Waals surface area contributed by atoms with Gasteiger partial charge in [-0.3, -0.25) is 0 Å². The van der Waals surface area contributed by atoms with E-state index in [2.05, 4.69) is 19.1 Å². The molecule has 2 aromatic carbocycles. The Morgan fingerprint density at radius 2 is 1.93 bits per heavy atom. The van der Waals surface area contributed by atoms with Crippen molar-refractivity contribution in [3.63, 3.8) is 0 Å². The first-order valence-electron chi connectivity index (χ1n) is 9.85. The van der Waals surface area contributed by atoms with Gasteiger partial charge in [-0.25, -0.2) is 0 Å². The van der Waals surface area contributed by atoms with Crippen LogP contribution >= 0.6 is 0 Å². The molecule has 0 aromatic heterocycles. The van der Waals surface area contributed by atoms with Gasteiger partial charge in [-0.2, -0.15) is 0 Å². The van der Waals surface area contributed by atoms with E-state index < -0.39 is 11.5 Å². The molecule has 156 valence electrons. The van der Waals surface area contributed by atoms with E-state index in [0.29, 0.717) is 11.7 Å². The van der Waals surface area contributed by atoms with Crippen molar-refractivity contribution in [2.75, 3.05) is 20.5 Å². The number of cyclic esters (lactones) is 1. The van der Waals surface area contributed by atoms with Crippen LogP contribution in [0.25, 0.3) is 0 Å². The number of ether oxygens (including phenoxy) is 3. The molecule has 3 rings (SSSR count). The molecule has 0 bridgehead atoms. The minimum atomic E-state index is -0.687. The topological polar surface area (TPSA) is 65.0 Å². The first kappa shape index (κ1) is 22.0. The van der Waals surface area contributed by atoms with Crippen LogP contribution in [0.1, 0.15) is 37.0 Å². The van der Waals surface area contributed by atoms with Crippen LogP contribution in [-0.4, -0.2) is 46.5 Å². The van der Waals surface area contributed by atoms with Gasteiger partial charge in [0.15, 0.2) is 0 Å². The van der Waals surface area contributed by atoms with Crippen molar-refractivity contribution in [2.24, 2.45) is 5.92 Å². The summed E-state index contributed by atoms with van der Waals surface area (Å²) in [5.74, 6) is -0.773. The van der Waals surface area contributed by atoms with Gasteiger partial charge in [-0.05, 0) is 0 Å². The SMILES string of the molecule is CC[C@H](OCOC)c1ccccc1[Se]C[C@]1(c2ccccc2)C[C@H](CO)C(=O)O1. The van der Waals surface area contributed by atoms with E-state index in [-0.39, 0.29) is 40.4 Å². The molecule has 5 nitrogen and oxygen atoms in total. The quantitative estimate of drug-likeness (QED) is 0.334. The number of esters is 1. The molecule has 6 heteroatoms. The number of hydrogen-bond donors (Lipinski definition) is 1. The Morgan fingerprint density at radius 1 is 1.21 bits per heavy atom. The molecule has 1 heterocycles. The standard InChI is InChI=1S/C23H28O5Se/c1-3-20(27-16-26-2)19-11-7-8-12-21(19)29-15-23(18-9-5-4-6-10-18)13-17(14-24)22(25)28-23/h4-12,17,20,24H,3,13-16H2,1-2H3/t17-,20+,23+/m1/s1. The third kappa shape index (κ3) is 5.08. The first-order valence-corrected chi connectivity index (χ1v) is 11.9. The van der Waals surface area contributed by atoms with Gasteiger partial charge in [0.25, 0.3) is 0 Å². The molecule has 0 radical (unpaired) electrons. The van der Waals surface area contributed by atoms with Gasteiger partial charge >= 0.3 is 178 Å². The van der Waals surface area contributed by atoms with Crippen LogP contribution in [0.3, 0.4) is 0 Å². The van der Waals surface area contributed by atoms with Crippen molar-refractivity contribution in [1.82, 2.24) is 0 Å². The van der Waals surface area contributed by atoms with Crippen LogP contribution < -0.4 is 4.46 Å². The van der Waals surface area contributed by atoms with Gasteiger partial charge in [0.2, 0.25) is 0 Å². The van der Waals surface area contributed by atoms with Gasteiger partial charge in [0, 0.05) is 0 Å². The zero-order chi connectivity index (χ0) is 20.7. The maximum absolute atomic E-state index is 12.3. The summed E-state index contributed by atoms with van der Waals surface area (Å²) >= 11 is 0.0565. The Hall–Kier alpha value is -1.69. The molecule has 2 aromatic rings. The predicted octanol–water partition coefficient (Wildman–Crippen LogP) is 2.96. The van der Waals surface area contributed by atoms with Crippen LogP contribution in [0.4, 0.5) is 0 Å². The number of aliphatic hydroxyl groups excluding tert-OH is 1. The van der Waals surface area contributed by atoms with Crippen molar-refractivity contribution in [3.05, 3.63) is 65.7 Å². The van der Waals surface area contributed by atoms with Crippen LogP contribution in [0, 0.1) is 5.92 Å². The Bertz CT molecular complexity index is 797. The van der Waals surface area contributed by atoms with E-state index in [1.54, 1.807) is 7.11 Å². The van der Waals surface area contributed by atoms with Crippen molar-refractivity contribution in [3.8, 4) is 0 Å². The zero-order valence-corrected chi connectivity index (χ0v) is 18.6. The van der Waals surface area contributed by atoms with E-state index in [1.165, 1.54) is 10.0 Å². The van der Waals surface area contributed by atoms with Gasteiger partial charge < -0.3 is 0 Å². The second-order valence-electron chi connectivity index (χ2n) is 7.16. The molecule has 1 N–H and O–H groups in total.